The molecule has 0 bridgehead atoms. The second-order valence-corrected chi connectivity index (χ2v) is 6.49. The van der Waals surface area contributed by atoms with Gasteiger partial charge in [-0.15, -0.1) is 0 Å². The lowest BCUT2D eigenvalue weighted by atomic mass is 9.88. The third-order valence-electron chi connectivity index (χ3n) is 4.00. The lowest BCUT2D eigenvalue weighted by Crippen LogP contribution is -2.35. The molecule has 1 amide bonds. The Bertz CT molecular complexity index is 654. The van der Waals surface area contributed by atoms with Gasteiger partial charge in [0.1, 0.15) is 0 Å². The molecule has 0 heterocycles. The van der Waals surface area contributed by atoms with E-state index in [1.807, 2.05) is 30.3 Å². The maximum atomic E-state index is 12.2. The molecular formula is C18H19BrN2O. The normalized spacial score (nSPS) is 16.7. The van der Waals surface area contributed by atoms with Gasteiger partial charge >= 0.3 is 0 Å². The zero-order valence-corrected chi connectivity index (χ0v) is 13.9. The number of fused-ring (bicyclic) bond motifs is 1. The van der Waals surface area contributed by atoms with Crippen LogP contribution in [0, 0.1) is 0 Å². The van der Waals surface area contributed by atoms with Crippen molar-refractivity contribution in [2.24, 2.45) is 0 Å². The molecule has 3 rings (SSSR count). The number of benzene rings is 2. The van der Waals surface area contributed by atoms with Crippen LogP contribution in [-0.4, -0.2) is 12.5 Å². The molecule has 0 fully saturated rings. The molecule has 0 spiro atoms. The summed E-state index contributed by atoms with van der Waals surface area (Å²) in [5.41, 5.74) is 3.58. The molecule has 0 aliphatic heterocycles. The average Bonchev–Trinajstić information content (AvgIpc) is 2.55. The number of amides is 1. The number of carbonyl (C=O) groups excluding carboxylic acids is 1. The lowest BCUT2D eigenvalue weighted by Gasteiger charge is -2.26. The number of carbonyl (C=O) groups is 1. The van der Waals surface area contributed by atoms with Gasteiger partial charge in [-0.25, -0.2) is 0 Å². The lowest BCUT2D eigenvalue weighted by molar-refractivity contribution is -0.120. The number of anilines is 1. The van der Waals surface area contributed by atoms with Gasteiger partial charge in [0.2, 0.25) is 5.91 Å². The van der Waals surface area contributed by atoms with Crippen LogP contribution in [0.25, 0.3) is 0 Å². The van der Waals surface area contributed by atoms with Crippen molar-refractivity contribution in [3.8, 4) is 0 Å². The SMILES string of the molecule is O=C(CNc1ccc(Br)cc1)NC1CCCc2ccccc21. The van der Waals surface area contributed by atoms with Gasteiger partial charge in [0.05, 0.1) is 12.6 Å². The fraction of sp³-hybridized carbons (Fsp3) is 0.278. The van der Waals surface area contributed by atoms with Crippen LogP contribution in [0.4, 0.5) is 5.69 Å². The fourth-order valence-corrected chi connectivity index (χ4v) is 3.16. The van der Waals surface area contributed by atoms with Gasteiger partial charge in [-0.05, 0) is 54.7 Å². The number of nitrogens with one attached hydrogen (secondary N) is 2. The van der Waals surface area contributed by atoms with Gasteiger partial charge in [0.15, 0.2) is 0 Å². The largest absolute Gasteiger partial charge is 0.376 e. The Labute approximate surface area is 139 Å². The van der Waals surface area contributed by atoms with Crippen LogP contribution in [-0.2, 0) is 11.2 Å². The van der Waals surface area contributed by atoms with Crippen molar-refractivity contribution < 1.29 is 4.79 Å². The van der Waals surface area contributed by atoms with Gasteiger partial charge in [0, 0.05) is 10.2 Å². The molecule has 1 unspecified atom stereocenters. The van der Waals surface area contributed by atoms with E-state index in [-0.39, 0.29) is 11.9 Å². The summed E-state index contributed by atoms with van der Waals surface area (Å²) < 4.78 is 1.03. The van der Waals surface area contributed by atoms with E-state index in [4.69, 9.17) is 0 Å². The molecule has 3 nitrogen and oxygen atoms in total. The highest BCUT2D eigenvalue weighted by atomic mass is 79.9. The van der Waals surface area contributed by atoms with Crippen LogP contribution in [0.3, 0.4) is 0 Å². The van der Waals surface area contributed by atoms with E-state index in [0.29, 0.717) is 6.54 Å². The minimum Gasteiger partial charge on any atom is -0.376 e. The first-order chi connectivity index (χ1) is 10.7. The zero-order valence-electron chi connectivity index (χ0n) is 12.3. The maximum absolute atomic E-state index is 12.2. The highest BCUT2D eigenvalue weighted by Gasteiger charge is 2.20. The molecular weight excluding hydrogens is 340 g/mol. The Kier molecular flexibility index (Phi) is 4.78. The second-order valence-electron chi connectivity index (χ2n) is 5.57. The van der Waals surface area contributed by atoms with E-state index in [1.54, 1.807) is 0 Å². The maximum Gasteiger partial charge on any atom is 0.239 e. The van der Waals surface area contributed by atoms with Gasteiger partial charge in [0.25, 0.3) is 0 Å². The average molecular weight is 359 g/mol. The molecule has 0 aromatic heterocycles. The van der Waals surface area contributed by atoms with Crippen LogP contribution in [0.1, 0.15) is 30.0 Å². The van der Waals surface area contributed by atoms with Crippen molar-refractivity contribution in [3.63, 3.8) is 0 Å². The summed E-state index contributed by atoms with van der Waals surface area (Å²) in [5.74, 6) is 0.0321. The fourth-order valence-electron chi connectivity index (χ4n) is 2.90. The molecule has 1 aliphatic carbocycles. The van der Waals surface area contributed by atoms with Crippen molar-refractivity contribution in [2.45, 2.75) is 25.3 Å². The predicted molar refractivity (Wildman–Crippen MR) is 92.9 cm³/mol. The predicted octanol–water partition coefficient (Wildman–Crippen LogP) is 4.05. The molecule has 114 valence electrons. The van der Waals surface area contributed by atoms with Crippen molar-refractivity contribution in [2.75, 3.05) is 11.9 Å². The summed E-state index contributed by atoms with van der Waals surface area (Å²) in [5, 5.41) is 6.30. The number of hydrogen-bond acceptors (Lipinski definition) is 2. The summed E-state index contributed by atoms with van der Waals surface area (Å²) in [4.78, 5) is 12.2. The van der Waals surface area contributed by atoms with E-state index >= 15 is 0 Å². The zero-order chi connectivity index (χ0) is 15.4. The Hall–Kier alpha value is -1.81. The van der Waals surface area contributed by atoms with Crippen LogP contribution >= 0.6 is 15.9 Å². The molecule has 22 heavy (non-hydrogen) atoms. The smallest absolute Gasteiger partial charge is 0.239 e. The molecule has 0 saturated carbocycles. The van der Waals surface area contributed by atoms with Gasteiger partial charge in [-0.2, -0.15) is 0 Å². The summed E-state index contributed by atoms with van der Waals surface area (Å²) in [6.45, 7) is 0.292. The van der Waals surface area contributed by atoms with Crippen molar-refractivity contribution >= 4 is 27.5 Å². The number of hydrogen-bond donors (Lipinski definition) is 2. The first-order valence-corrected chi connectivity index (χ1v) is 8.38. The number of rotatable bonds is 4. The molecule has 0 saturated heterocycles. The van der Waals surface area contributed by atoms with E-state index in [9.17, 15) is 4.79 Å². The molecule has 2 aromatic carbocycles. The van der Waals surface area contributed by atoms with Gasteiger partial charge in [-0.1, -0.05) is 40.2 Å². The monoisotopic (exact) mass is 358 g/mol. The minimum absolute atomic E-state index is 0.0321. The number of aryl methyl sites for hydroxylation is 1. The van der Waals surface area contributed by atoms with Crippen LogP contribution in [0.5, 0.6) is 0 Å². The van der Waals surface area contributed by atoms with E-state index in [1.165, 1.54) is 11.1 Å². The first-order valence-electron chi connectivity index (χ1n) is 7.59. The quantitative estimate of drug-likeness (QED) is 0.865. The highest BCUT2D eigenvalue weighted by molar-refractivity contribution is 9.10. The van der Waals surface area contributed by atoms with Gasteiger partial charge < -0.3 is 10.6 Å². The molecule has 4 heteroatoms. The van der Waals surface area contributed by atoms with E-state index in [2.05, 4.69) is 44.8 Å². The first kappa shape index (κ1) is 15.1. The van der Waals surface area contributed by atoms with Crippen molar-refractivity contribution in [3.05, 3.63) is 64.1 Å². The van der Waals surface area contributed by atoms with E-state index < -0.39 is 0 Å². The Morgan fingerprint density at radius 1 is 1.14 bits per heavy atom. The molecule has 1 aliphatic rings. The molecule has 2 N–H and O–H groups in total. The van der Waals surface area contributed by atoms with Crippen molar-refractivity contribution in [1.82, 2.24) is 5.32 Å². The summed E-state index contributed by atoms with van der Waals surface area (Å²) in [6.07, 6.45) is 3.25. The topological polar surface area (TPSA) is 41.1 Å². The highest BCUT2D eigenvalue weighted by Crippen LogP contribution is 2.29. The van der Waals surface area contributed by atoms with Crippen molar-refractivity contribution in [1.29, 1.82) is 0 Å². The summed E-state index contributed by atoms with van der Waals surface area (Å²) >= 11 is 3.40. The van der Waals surface area contributed by atoms with Crippen LogP contribution in [0.15, 0.2) is 53.0 Å². The number of halogens is 1. The minimum atomic E-state index is 0.0321. The van der Waals surface area contributed by atoms with Crippen LogP contribution < -0.4 is 10.6 Å². The molecule has 0 radical (unpaired) electrons. The third-order valence-corrected chi connectivity index (χ3v) is 4.53. The molecule has 2 aromatic rings. The Morgan fingerprint density at radius 3 is 2.73 bits per heavy atom. The van der Waals surface area contributed by atoms with Gasteiger partial charge in [-0.3, -0.25) is 4.79 Å². The van der Waals surface area contributed by atoms with E-state index in [0.717, 1.165) is 29.4 Å². The summed E-state index contributed by atoms with van der Waals surface area (Å²) in [7, 11) is 0. The Morgan fingerprint density at radius 2 is 1.91 bits per heavy atom. The second kappa shape index (κ2) is 6.97. The third kappa shape index (κ3) is 3.69. The standard InChI is InChI=1S/C18H19BrN2O/c19-14-8-10-15(11-9-14)20-12-18(22)21-17-7-3-5-13-4-1-2-6-16(13)17/h1-2,4,6,8-11,17,20H,3,5,7,12H2,(H,21,22). The summed E-state index contributed by atoms with van der Waals surface area (Å²) in [6, 6.07) is 16.4. The Balaban J connectivity index is 1.57. The molecule has 1 atom stereocenters. The van der Waals surface area contributed by atoms with Crippen LogP contribution in [0.2, 0.25) is 0 Å².